The summed E-state index contributed by atoms with van der Waals surface area (Å²) < 4.78 is 5.56. The zero-order valence-corrected chi connectivity index (χ0v) is 13.1. The van der Waals surface area contributed by atoms with Crippen molar-refractivity contribution < 1.29 is 14.6 Å². The number of rotatable bonds is 6. The van der Waals surface area contributed by atoms with Crippen molar-refractivity contribution in [3.8, 4) is 5.75 Å². The Morgan fingerprint density at radius 1 is 1.40 bits per heavy atom. The Bertz CT molecular complexity index is 462. The van der Waals surface area contributed by atoms with Gasteiger partial charge in [0.25, 0.3) is 5.91 Å². The van der Waals surface area contributed by atoms with Crippen molar-refractivity contribution in [1.82, 2.24) is 5.32 Å². The molecular weight excluding hydrogens is 278 g/mol. The van der Waals surface area contributed by atoms with Crippen molar-refractivity contribution >= 4 is 17.5 Å². The molecule has 1 aromatic rings. The Hall–Kier alpha value is -1.26. The first kappa shape index (κ1) is 16.8. The van der Waals surface area contributed by atoms with Crippen LogP contribution in [0.4, 0.5) is 0 Å². The van der Waals surface area contributed by atoms with Gasteiger partial charge in [-0.1, -0.05) is 24.6 Å². The molecule has 112 valence electrons. The van der Waals surface area contributed by atoms with E-state index in [0.717, 1.165) is 6.42 Å². The highest BCUT2D eigenvalue weighted by molar-refractivity contribution is 6.32. The molecule has 20 heavy (non-hydrogen) atoms. The van der Waals surface area contributed by atoms with Crippen molar-refractivity contribution in [3.63, 3.8) is 0 Å². The summed E-state index contributed by atoms with van der Waals surface area (Å²) in [5.41, 5.74) is 0.707. The number of nitrogens with one attached hydrogen (secondary N) is 1. The first-order valence-electron chi connectivity index (χ1n) is 6.79. The molecule has 0 radical (unpaired) electrons. The maximum atomic E-state index is 11.9. The lowest BCUT2D eigenvalue weighted by Gasteiger charge is -2.18. The number of halogens is 1. The van der Waals surface area contributed by atoms with E-state index < -0.39 is 12.2 Å². The predicted octanol–water partition coefficient (Wildman–Crippen LogP) is 3.08. The highest BCUT2D eigenvalue weighted by atomic mass is 35.5. The predicted molar refractivity (Wildman–Crippen MR) is 80.1 cm³/mol. The molecule has 0 aliphatic carbocycles. The van der Waals surface area contributed by atoms with Crippen molar-refractivity contribution in [2.45, 2.75) is 52.4 Å². The minimum Gasteiger partial charge on any atom is -0.479 e. The van der Waals surface area contributed by atoms with E-state index >= 15 is 0 Å². The molecule has 0 aromatic heterocycles. The molecule has 1 rings (SSSR count). The average molecular weight is 300 g/mol. The third kappa shape index (κ3) is 4.69. The third-order valence-electron chi connectivity index (χ3n) is 3.11. The Kier molecular flexibility index (Phi) is 6.30. The Morgan fingerprint density at radius 2 is 2.05 bits per heavy atom. The van der Waals surface area contributed by atoms with Gasteiger partial charge in [0.2, 0.25) is 0 Å². The molecule has 5 heteroatoms. The van der Waals surface area contributed by atoms with E-state index in [1.54, 1.807) is 32.0 Å². The smallest absolute Gasteiger partial charge is 0.260 e. The van der Waals surface area contributed by atoms with E-state index in [9.17, 15) is 9.90 Å². The van der Waals surface area contributed by atoms with Gasteiger partial charge in [0.15, 0.2) is 6.10 Å². The van der Waals surface area contributed by atoms with E-state index in [1.165, 1.54) is 0 Å². The van der Waals surface area contributed by atoms with Crippen LogP contribution in [0.15, 0.2) is 18.2 Å². The van der Waals surface area contributed by atoms with Gasteiger partial charge in [0.1, 0.15) is 5.75 Å². The first-order valence-corrected chi connectivity index (χ1v) is 7.17. The molecule has 0 heterocycles. The van der Waals surface area contributed by atoms with Crippen LogP contribution < -0.4 is 10.1 Å². The second kappa shape index (κ2) is 7.50. The van der Waals surface area contributed by atoms with Gasteiger partial charge in [0.05, 0.1) is 11.1 Å². The van der Waals surface area contributed by atoms with Gasteiger partial charge >= 0.3 is 0 Å². The Balaban J connectivity index is 2.71. The van der Waals surface area contributed by atoms with Crippen molar-refractivity contribution in [2.75, 3.05) is 0 Å². The molecule has 4 nitrogen and oxygen atoms in total. The first-order chi connectivity index (χ1) is 9.35. The molecule has 2 N–H and O–H groups in total. The van der Waals surface area contributed by atoms with Gasteiger partial charge in [-0.05, 0) is 44.9 Å². The van der Waals surface area contributed by atoms with E-state index in [4.69, 9.17) is 16.3 Å². The quantitative estimate of drug-likeness (QED) is 0.848. The molecule has 0 bridgehead atoms. The standard InChI is InChI=1S/C15H22ClNO3/c1-5-9(2)17-15(19)11(4)20-14-7-6-12(10(3)18)8-13(14)16/h6-11,18H,5H2,1-4H3,(H,17,19). The number of aliphatic hydroxyl groups excluding tert-OH is 1. The monoisotopic (exact) mass is 299 g/mol. The van der Waals surface area contributed by atoms with E-state index in [1.807, 2.05) is 13.8 Å². The fourth-order valence-corrected chi connectivity index (χ4v) is 1.81. The number of amides is 1. The summed E-state index contributed by atoms with van der Waals surface area (Å²) in [5, 5.41) is 12.7. The Labute approximate surface area is 125 Å². The second-order valence-electron chi connectivity index (χ2n) is 4.94. The molecule has 0 saturated carbocycles. The molecule has 1 aromatic carbocycles. The Morgan fingerprint density at radius 3 is 2.55 bits per heavy atom. The maximum absolute atomic E-state index is 11.9. The molecule has 0 saturated heterocycles. The SMILES string of the molecule is CCC(C)NC(=O)C(C)Oc1ccc(C(C)O)cc1Cl. The number of benzene rings is 1. The number of aliphatic hydroxyl groups is 1. The molecule has 0 aliphatic heterocycles. The maximum Gasteiger partial charge on any atom is 0.260 e. The second-order valence-corrected chi connectivity index (χ2v) is 5.35. The zero-order valence-electron chi connectivity index (χ0n) is 12.3. The van der Waals surface area contributed by atoms with Gasteiger partial charge in [0, 0.05) is 6.04 Å². The fourth-order valence-electron chi connectivity index (χ4n) is 1.58. The molecule has 1 amide bonds. The van der Waals surface area contributed by atoms with E-state index in [0.29, 0.717) is 16.3 Å². The third-order valence-corrected chi connectivity index (χ3v) is 3.41. The summed E-state index contributed by atoms with van der Waals surface area (Å²) in [6.07, 6.45) is -0.353. The number of carbonyl (C=O) groups excluding carboxylic acids is 1. The summed E-state index contributed by atoms with van der Waals surface area (Å²) in [6, 6.07) is 5.14. The fraction of sp³-hybridized carbons (Fsp3) is 0.533. The van der Waals surface area contributed by atoms with Crippen LogP contribution in [0.1, 0.15) is 45.8 Å². The molecule has 3 atom stereocenters. The molecular formula is C15H22ClNO3. The molecule has 3 unspecified atom stereocenters. The minimum absolute atomic E-state index is 0.113. The lowest BCUT2D eigenvalue weighted by molar-refractivity contribution is -0.127. The van der Waals surface area contributed by atoms with Crippen LogP contribution >= 0.6 is 11.6 Å². The van der Waals surface area contributed by atoms with Gasteiger partial charge in [-0.15, -0.1) is 0 Å². The normalized spacial score (nSPS) is 15.3. The highest BCUT2D eigenvalue weighted by Crippen LogP contribution is 2.28. The van der Waals surface area contributed by atoms with Crippen LogP contribution in [0, 0.1) is 0 Å². The minimum atomic E-state index is -0.626. The number of hydrogen-bond donors (Lipinski definition) is 2. The topological polar surface area (TPSA) is 58.6 Å². The van der Waals surface area contributed by atoms with Gasteiger partial charge in [-0.2, -0.15) is 0 Å². The number of carbonyl (C=O) groups is 1. The molecule has 0 aliphatic rings. The van der Waals surface area contributed by atoms with Crippen molar-refractivity contribution in [2.24, 2.45) is 0 Å². The average Bonchev–Trinajstić information content (AvgIpc) is 2.40. The van der Waals surface area contributed by atoms with Gasteiger partial charge < -0.3 is 15.2 Å². The highest BCUT2D eigenvalue weighted by Gasteiger charge is 2.17. The van der Waals surface area contributed by atoms with Crippen LogP contribution in [0.2, 0.25) is 5.02 Å². The summed E-state index contributed by atoms with van der Waals surface area (Å²) in [7, 11) is 0. The van der Waals surface area contributed by atoms with Crippen LogP contribution in [0.5, 0.6) is 5.75 Å². The van der Waals surface area contributed by atoms with Crippen molar-refractivity contribution in [1.29, 1.82) is 0 Å². The van der Waals surface area contributed by atoms with Crippen LogP contribution in [-0.2, 0) is 4.79 Å². The van der Waals surface area contributed by atoms with Gasteiger partial charge in [-0.3, -0.25) is 4.79 Å². The molecule has 0 fully saturated rings. The lowest BCUT2D eigenvalue weighted by Crippen LogP contribution is -2.41. The van der Waals surface area contributed by atoms with Crippen LogP contribution in [0.25, 0.3) is 0 Å². The molecule has 0 spiro atoms. The number of hydrogen-bond acceptors (Lipinski definition) is 3. The summed E-state index contributed by atoms with van der Waals surface area (Å²) in [4.78, 5) is 11.9. The number of ether oxygens (including phenoxy) is 1. The summed E-state index contributed by atoms with van der Waals surface area (Å²) in [5.74, 6) is 0.262. The van der Waals surface area contributed by atoms with Crippen LogP contribution in [-0.4, -0.2) is 23.2 Å². The summed E-state index contributed by atoms with van der Waals surface area (Å²) in [6.45, 7) is 7.28. The lowest BCUT2D eigenvalue weighted by atomic mass is 10.1. The van der Waals surface area contributed by atoms with Crippen LogP contribution in [0.3, 0.4) is 0 Å². The van der Waals surface area contributed by atoms with Crippen molar-refractivity contribution in [3.05, 3.63) is 28.8 Å². The largest absolute Gasteiger partial charge is 0.479 e. The van der Waals surface area contributed by atoms with E-state index in [2.05, 4.69) is 5.32 Å². The zero-order chi connectivity index (χ0) is 15.3. The van der Waals surface area contributed by atoms with E-state index in [-0.39, 0.29) is 11.9 Å². The van der Waals surface area contributed by atoms with Gasteiger partial charge in [-0.25, -0.2) is 0 Å². The summed E-state index contributed by atoms with van der Waals surface area (Å²) >= 11 is 6.09.